The van der Waals surface area contributed by atoms with Crippen LogP contribution in [0.5, 0.6) is 0 Å². The molecule has 2 unspecified atom stereocenters. The van der Waals surface area contributed by atoms with Gasteiger partial charge in [0.15, 0.2) is 0 Å². The molecule has 0 heterocycles. The molecule has 1 fully saturated rings. The molecule has 2 atom stereocenters. The first-order valence-electron chi connectivity index (χ1n) is 5.96. The van der Waals surface area contributed by atoms with Gasteiger partial charge in [-0.1, -0.05) is 12.8 Å². The first-order valence-corrected chi connectivity index (χ1v) is 5.96. The topological polar surface area (TPSA) is 17.1 Å². The summed E-state index contributed by atoms with van der Waals surface area (Å²) in [4.78, 5) is 11.8. The molecule has 0 aromatic rings. The second-order valence-corrected chi connectivity index (χ2v) is 4.43. The van der Waals surface area contributed by atoms with E-state index in [9.17, 15) is 18.0 Å². The lowest BCUT2D eigenvalue weighted by molar-refractivity contribution is -0.197. The smallest absolute Gasteiger partial charge is 0.299 e. The van der Waals surface area contributed by atoms with Gasteiger partial charge in [-0.05, 0) is 19.8 Å². The summed E-state index contributed by atoms with van der Waals surface area (Å²) < 4.78 is 38.3. The highest BCUT2D eigenvalue weighted by Gasteiger charge is 2.47. The highest BCUT2D eigenvalue weighted by atomic mass is 19.4. The number of hydrogen-bond acceptors (Lipinski definition) is 1. The number of alkyl halides is 3. The van der Waals surface area contributed by atoms with Gasteiger partial charge in [-0.15, -0.1) is 11.8 Å². The summed E-state index contributed by atoms with van der Waals surface area (Å²) in [5.41, 5.74) is 0. The Labute approximate surface area is 99.8 Å². The summed E-state index contributed by atoms with van der Waals surface area (Å²) in [5.74, 6) is 2.83. The van der Waals surface area contributed by atoms with Crippen LogP contribution < -0.4 is 0 Å². The Bertz CT molecular complexity index is 322. The summed E-state index contributed by atoms with van der Waals surface area (Å²) in [6, 6.07) is 0. The summed E-state index contributed by atoms with van der Waals surface area (Å²) >= 11 is 0. The molecule has 1 aliphatic rings. The van der Waals surface area contributed by atoms with E-state index < -0.39 is 18.0 Å². The van der Waals surface area contributed by atoms with Gasteiger partial charge in [0.1, 0.15) is 5.78 Å². The molecule has 0 aromatic heterocycles. The number of Topliss-reactive ketones (excluding diaryl/α,β-unsaturated/α-hetero) is 1. The largest absolute Gasteiger partial charge is 0.392 e. The minimum atomic E-state index is -4.24. The third-order valence-corrected chi connectivity index (χ3v) is 3.27. The predicted molar refractivity (Wildman–Crippen MR) is 59.2 cm³/mol. The van der Waals surface area contributed by atoms with Crippen molar-refractivity contribution in [1.82, 2.24) is 0 Å². The summed E-state index contributed by atoms with van der Waals surface area (Å²) in [6.07, 6.45) is -1.95. The van der Waals surface area contributed by atoms with Crippen LogP contribution in [0.15, 0.2) is 0 Å². The molecule has 1 nitrogen and oxygen atoms in total. The Morgan fingerprint density at radius 2 is 1.94 bits per heavy atom. The Morgan fingerprint density at radius 1 is 1.29 bits per heavy atom. The lowest BCUT2D eigenvalue weighted by Crippen LogP contribution is -2.37. The molecule has 1 rings (SSSR count). The van der Waals surface area contributed by atoms with Gasteiger partial charge in [0.2, 0.25) is 0 Å². The maximum atomic E-state index is 12.8. The first-order chi connectivity index (χ1) is 7.96. The standard InChI is InChI=1S/C13H17F3O/c1-2-3-4-9-12(17)10-7-5-6-8-11(10)13(14,15)16/h10-11H,4-9H2,1H3. The molecule has 0 aliphatic heterocycles. The van der Waals surface area contributed by atoms with Crippen LogP contribution in [0.25, 0.3) is 0 Å². The van der Waals surface area contributed by atoms with Crippen LogP contribution in [0.4, 0.5) is 13.2 Å². The maximum Gasteiger partial charge on any atom is 0.392 e. The number of carbonyl (C=O) groups is 1. The van der Waals surface area contributed by atoms with Crippen molar-refractivity contribution < 1.29 is 18.0 Å². The molecule has 0 saturated heterocycles. The third kappa shape index (κ3) is 4.07. The van der Waals surface area contributed by atoms with Gasteiger partial charge in [0, 0.05) is 18.8 Å². The number of ketones is 1. The Hall–Kier alpha value is -0.980. The fraction of sp³-hybridized carbons (Fsp3) is 0.769. The molecule has 0 aromatic carbocycles. The van der Waals surface area contributed by atoms with Crippen molar-refractivity contribution in [2.75, 3.05) is 0 Å². The van der Waals surface area contributed by atoms with E-state index in [4.69, 9.17) is 0 Å². The molecule has 0 N–H and O–H groups in total. The van der Waals surface area contributed by atoms with Gasteiger partial charge in [0.25, 0.3) is 0 Å². The molecule has 17 heavy (non-hydrogen) atoms. The number of rotatable bonds is 3. The van der Waals surface area contributed by atoms with Gasteiger partial charge >= 0.3 is 6.18 Å². The second-order valence-electron chi connectivity index (χ2n) is 4.43. The molecule has 1 aliphatic carbocycles. The lowest BCUT2D eigenvalue weighted by atomic mass is 9.75. The van der Waals surface area contributed by atoms with Gasteiger partial charge in [-0.25, -0.2) is 0 Å². The Morgan fingerprint density at radius 3 is 2.53 bits per heavy atom. The van der Waals surface area contributed by atoms with Crippen LogP contribution in [0.3, 0.4) is 0 Å². The Kier molecular flexibility index (Phi) is 5.04. The molecule has 0 radical (unpaired) electrons. The molecular formula is C13H17F3O. The van der Waals surface area contributed by atoms with Crippen molar-refractivity contribution >= 4 is 5.78 Å². The molecule has 0 bridgehead atoms. The van der Waals surface area contributed by atoms with E-state index in [1.54, 1.807) is 6.92 Å². The first kappa shape index (κ1) is 14.1. The number of carbonyl (C=O) groups excluding carboxylic acids is 1. The minimum absolute atomic E-state index is 0.0966. The zero-order valence-corrected chi connectivity index (χ0v) is 9.94. The fourth-order valence-electron chi connectivity index (χ4n) is 2.40. The average molecular weight is 246 g/mol. The number of hydrogen-bond donors (Lipinski definition) is 0. The molecular weight excluding hydrogens is 229 g/mol. The minimum Gasteiger partial charge on any atom is -0.299 e. The third-order valence-electron chi connectivity index (χ3n) is 3.27. The van der Waals surface area contributed by atoms with Crippen LogP contribution in [-0.4, -0.2) is 12.0 Å². The summed E-state index contributed by atoms with van der Waals surface area (Å²) in [5, 5.41) is 0. The monoisotopic (exact) mass is 246 g/mol. The average Bonchev–Trinajstić information content (AvgIpc) is 2.28. The van der Waals surface area contributed by atoms with Crippen LogP contribution in [0, 0.1) is 23.7 Å². The van der Waals surface area contributed by atoms with Crippen LogP contribution in [-0.2, 0) is 4.79 Å². The molecule has 1 saturated carbocycles. The predicted octanol–water partition coefficient (Wildman–Crippen LogP) is 3.73. The quantitative estimate of drug-likeness (QED) is 0.693. The molecule has 0 amide bonds. The van der Waals surface area contributed by atoms with Gasteiger partial charge in [-0.3, -0.25) is 4.79 Å². The van der Waals surface area contributed by atoms with E-state index in [0.29, 0.717) is 19.3 Å². The van der Waals surface area contributed by atoms with Crippen LogP contribution >= 0.6 is 0 Å². The summed E-state index contributed by atoms with van der Waals surface area (Å²) in [7, 11) is 0. The van der Waals surface area contributed by atoms with Crippen LogP contribution in [0.2, 0.25) is 0 Å². The van der Waals surface area contributed by atoms with Crippen molar-refractivity contribution in [1.29, 1.82) is 0 Å². The van der Waals surface area contributed by atoms with Crippen molar-refractivity contribution in [2.45, 2.75) is 51.6 Å². The van der Waals surface area contributed by atoms with E-state index in [2.05, 4.69) is 11.8 Å². The van der Waals surface area contributed by atoms with E-state index in [-0.39, 0.29) is 18.6 Å². The lowest BCUT2D eigenvalue weighted by Gasteiger charge is -2.31. The SMILES string of the molecule is CC#CCCC(=O)C1CCCCC1C(F)(F)F. The highest BCUT2D eigenvalue weighted by Crippen LogP contribution is 2.42. The van der Waals surface area contributed by atoms with Gasteiger partial charge in [0.05, 0.1) is 5.92 Å². The van der Waals surface area contributed by atoms with Gasteiger partial charge in [-0.2, -0.15) is 13.2 Å². The fourth-order valence-corrected chi connectivity index (χ4v) is 2.40. The Balaban J connectivity index is 2.63. The van der Waals surface area contributed by atoms with Gasteiger partial charge < -0.3 is 0 Å². The normalized spacial score (nSPS) is 24.9. The highest BCUT2D eigenvalue weighted by molar-refractivity contribution is 5.81. The molecule has 4 heteroatoms. The molecule has 96 valence electrons. The van der Waals surface area contributed by atoms with E-state index in [0.717, 1.165) is 6.42 Å². The van der Waals surface area contributed by atoms with Crippen LogP contribution in [0.1, 0.15) is 45.4 Å². The number of halogens is 3. The van der Waals surface area contributed by atoms with Crippen molar-refractivity contribution in [2.24, 2.45) is 11.8 Å². The van der Waals surface area contributed by atoms with Crippen molar-refractivity contribution in [3.8, 4) is 11.8 Å². The maximum absolute atomic E-state index is 12.8. The zero-order valence-electron chi connectivity index (χ0n) is 9.94. The van der Waals surface area contributed by atoms with Crippen molar-refractivity contribution in [3.05, 3.63) is 0 Å². The zero-order chi connectivity index (χ0) is 12.9. The van der Waals surface area contributed by atoms with E-state index in [1.165, 1.54) is 0 Å². The second kappa shape index (κ2) is 6.09. The van der Waals surface area contributed by atoms with E-state index in [1.807, 2.05) is 0 Å². The summed E-state index contributed by atoms with van der Waals surface area (Å²) in [6.45, 7) is 1.66. The van der Waals surface area contributed by atoms with Crippen molar-refractivity contribution in [3.63, 3.8) is 0 Å². The molecule has 0 spiro atoms. The van der Waals surface area contributed by atoms with E-state index >= 15 is 0 Å².